The summed E-state index contributed by atoms with van der Waals surface area (Å²) in [6.07, 6.45) is 1.90. The SMILES string of the molecule is CCOc1ccc(-n2c(C(C)C(CCOC)CCC(=O)Cc3ccc(-c4ccc(F)c(F)c4)cc3)nc3ccccc3c2=O)cc1. The van der Waals surface area contributed by atoms with Crippen LogP contribution in [0.15, 0.2) is 95.8 Å². The Labute approximate surface area is 267 Å². The Balaban J connectivity index is 1.36. The minimum Gasteiger partial charge on any atom is -0.494 e. The number of Topliss-reactive ketones (excluding diaryl/α,β-unsaturated/α-hetero) is 1. The van der Waals surface area contributed by atoms with Gasteiger partial charge in [-0.1, -0.05) is 49.4 Å². The topological polar surface area (TPSA) is 70.4 Å². The molecule has 0 N–H and O–H groups in total. The number of fused-ring (bicyclic) bond motifs is 1. The lowest BCUT2D eigenvalue weighted by Crippen LogP contribution is -2.28. The summed E-state index contributed by atoms with van der Waals surface area (Å²) in [4.78, 5) is 32.1. The normalized spacial score (nSPS) is 12.6. The Morgan fingerprint density at radius 3 is 2.30 bits per heavy atom. The van der Waals surface area contributed by atoms with Gasteiger partial charge in [0.05, 0.1) is 23.2 Å². The number of rotatable bonds is 14. The van der Waals surface area contributed by atoms with E-state index < -0.39 is 11.6 Å². The number of hydrogen-bond acceptors (Lipinski definition) is 5. The molecule has 0 bridgehead atoms. The lowest BCUT2D eigenvalue weighted by molar-refractivity contribution is -0.118. The summed E-state index contributed by atoms with van der Waals surface area (Å²) in [5, 5.41) is 0.534. The van der Waals surface area contributed by atoms with Crippen molar-refractivity contribution in [2.45, 2.75) is 45.4 Å². The van der Waals surface area contributed by atoms with Gasteiger partial charge < -0.3 is 9.47 Å². The van der Waals surface area contributed by atoms with E-state index in [0.717, 1.165) is 29.0 Å². The van der Waals surface area contributed by atoms with Gasteiger partial charge in [-0.3, -0.25) is 14.2 Å². The molecule has 4 aromatic carbocycles. The van der Waals surface area contributed by atoms with Crippen molar-refractivity contribution in [2.24, 2.45) is 5.92 Å². The van der Waals surface area contributed by atoms with E-state index in [2.05, 4.69) is 6.92 Å². The van der Waals surface area contributed by atoms with E-state index in [0.29, 0.717) is 60.5 Å². The Morgan fingerprint density at radius 2 is 1.61 bits per heavy atom. The molecule has 8 heteroatoms. The number of nitrogens with zero attached hydrogens (tertiary/aromatic N) is 2. The summed E-state index contributed by atoms with van der Waals surface area (Å²) >= 11 is 0. The lowest BCUT2D eigenvalue weighted by atomic mass is 9.85. The molecule has 2 atom stereocenters. The van der Waals surface area contributed by atoms with Crippen LogP contribution in [-0.2, 0) is 16.0 Å². The second-order valence-corrected chi connectivity index (χ2v) is 11.5. The molecule has 0 radical (unpaired) electrons. The van der Waals surface area contributed by atoms with Crippen molar-refractivity contribution in [3.05, 3.63) is 124 Å². The van der Waals surface area contributed by atoms with Crippen LogP contribution in [0.4, 0.5) is 8.78 Å². The van der Waals surface area contributed by atoms with Crippen LogP contribution in [0.2, 0.25) is 0 Å². The first-order chi connectivity index (χ1) is 22.3. The number of halogens is 2. The van der Waals surface area contributed by atoms with Gasteiger partial charge in [0.2, 0.25) is 0 Å². The molecule has 2 unspecified atom stereocenters. The number of ketones is 1. The maximum absolute atomic E-state index is 13.9. The molecule has 0 aliphatic heterocycles. The van der Waals surface area contributed by atoms with E-state index in [4.69, 9.17) is 14.5 Å². The van der Waals surface area contributed by atoms with Gasteiger partial charge in [0.1, 0.15) is 17.4 Å². The van der Waals surface area contributed by atoms with Crippen molar-refractivity contribution in [1.29, 1.82) is 0 Å². The van der Waals surface area contributed by atoms with E-state index in [1.54, 1.807) is 17.7 Å². The maximum Gasteiger partial charge on any atom is 0.265 e. The fourth-order valence-corrected chi connectivity index (χ4v) is 5.84. The Hall–Kier alpha value is -4.69. The molecule has 0 saturated heterocycles. The number of hydrogen-bond donors (Lipinski definition) is 0. The van der Waals surface area contributed by atoms with Crippen LogP contribution < -0.4 is 10.3 Å². The van der Waals surface area contributed by atoms with Crippen LogP contribution in [0.3, 0.4) is 0 Å². The fourth-order valence-electron chi connectivity index (χ4n) is 5.84. The van der Waals surface area contributed by atoms with Crippen molar-refractivity contribution in [3.63, 3.8) is 0 Å². The van der Waals surface area contributed by atoms with E-state index in [1.165, 1.54) is 6.07 Å². The summed E-state index contributed by atoms with van der Waals surface area (Å²) in [6.45, 7) is 5.03. The van der Waals surface area contributed by atoms with Crippen LogP contribution >= 0.6 is 0 Å². The van der Waals surface area contributed by atoms with Crippen molar-refractivity contribution < 1.29 is 23.0 Å². The number of carbonyl (C=O) groups is 1. The monoisotopic (exact) mass is 624 g/mol. The highest BCUT2D eigenvalue weighted by molar-refractivity contribution is 5.81. The molecule has 5 aromatic rings. The summed E-state index contributed by atoms with van der Waals surface area (Å²) in [6, 6.07) is 25.9. The maximum atomic E-state index is 13.9. The van der Waals surface area contributed by atoms with Crippen LogP contribution in [0.5, 0.6) is 5.75 Å². The van der Waals surface area contributed by atoms with Crippen LogP contribution in [0, 0.1) is 17.6 Å². The number of para-hydroxylation sites is 1. The van der Waals surface area contributed by atoms with Gasteiger partial charge in [-0.05, 0) is 90.9 Å². The average molecular weight is 625 g/mol. The van der Waals surface area contributed by atoms with Gasteiger partial charge in [0.15, 0.2) is 11.6 Å². The number of methoxy groups -OCH3 is 1. The van der Waals surface area contributed by atoms with E-state index in [1.807, 2.05) is 73.7 Å². The molecule has 46 heavy (non-hydrogen) atoms. The second-order valence-electron chi connectivity index (χ2n) is 11.5. The molecule has 5 rings (SSSR count). The molecule has 0 spiro atoms. The molecule has 1 heterocycles. The molecular formula is C38H38F2N2O4. The van der Waals surface area contributed by atoms with Gasteiger partial charge in [-0.2, -0.15) is 0 Å². The largest absolute Gasteiger partial charge is 0.494 e. The van der Waals surface area contributed by atoms with E-state index in [-0.39, 0.29) is 29.6 Å². The molecule has 0 aliphatic rings. The highest BCUT2D eigenvalue weighted by Gasteiger charge is 2.26. The van der Waals surface area contributed by atoms with Gasteiger partial charge >= 0.3 is 0 Å². The molecule has 0 aliphatic carbocycles. The predicted molar refractivity (Wildman–Crippen MR) is 177 cm³/mol. The Morgan fingerprint density at radius 1 is 0.891 bits per heavy atom. The highest BCUT2D eigenvalue weighted by atomic mass is 19.2. The molecule has 1 aromatic heterocycles. The third-order valence-corrected chi connectivity index (χ3v) is 8.42. The lowest BCUT2D eigenvalue weighted by Gasteiger charge is -2.26. The molecule has 0 saturated carbocycles. The van der Waals surface area contributed by atoms with Crippen molar-refractivity contribution >= 4 is 16.7 Å². The predicted octanol–water partition coefficient (Wildman–Crippen LogP) is 8.08. The molecule has 238 valence electrons. The van der Waals surface area contributed by atoms with Gasteiger partial charge in [-0.15, -0.1) is 0 Å². The highest BCUT2D eigenvalue weighted by Crippen LogP contribution is 2.32. The second kappa shape index (κ2) is 15.1. The minimum atomic E-state index is -0.899. The number of carbonyl (C=O) groups excluding carboxylic acids is 1. The average Bonchev–Trinajstić information content (AvgIpc) is 3.07. The zero-order valence-electron chi connectivity index (χ0n) is 26.3. The number of ether oxygens (including phenoxy) is 2. The fraction of sp³-hybridized carbons (Fsp3) is 0.289. The minimum absolute atomic E-state index is 0.0154. The van der Waals surface area contributed by atoms with Crippen LogP contribution in [-0.4, -0.2) is 35.7 Å². The van der Waals surface area contributed by atoms with Gasteiger partial charge in [0, 0.05) is 32.5 Å². The third-order valence-electron chi connectivity index (χ3n) is 8.42. The molecular weight excluding hydrogens is 586 g/mol. The van der Waals surface area contributed by atoms with Crippen molar-refractivity contribution in [3.8, 4) is 22.6 Å². The third kappa shape index (κ3) is 7.57. The summed E-state index contributed by atoms with van der Waals surface area (Å²) in [5.74, 6) is -0.494. The molecule has 6 nitrogen and oxygen atoms in total. The quantitative estimate of drug-likeness (QED) is 0.125. The van der Waals surface area contributed by atoms with Crippen molar-refractivity contribution in [2.75, 3.05) is 20.3 Å². The molecule has 0 fully saturated rings. The van der Waals surface area contributed by atoms with E-state index in [9.17, 15) is 18.4 Å². The standard InChI is InChI=1S/C38H38F2N2O4/c1-4-46-32-18-15-30(16-19-32)42-37(41-36-8-6-5-7-33(36)38(42)44)25(2)27(21-22-45-3)13-17-31(43)23-26-9-11-28(12-10-26)29-14-20-34(39)35(40)24-29/h5-12,14-16,18-20,24-25,27H,4,13,17,21-23H2,1-3H3. The van der Waals surface area contributed by atoms with E-state index >= 15 is 0 Å². The summed E-state index contributed by atoms with van der Waals surface area (Å²) < 4.78 is 39.8. The summed E-state index contributed by atoms with van der Waals surface area (Å²) in [5.41, 5.74) is 3.33. The van der Waals surface area contributed by atoms with Gasteiger partial charge in [-0.25, -0.2) is 13.8 Å². The van der Waals surface area contributed by atoms with Crippen LogP contribution in [0.25, 0.3) is 27.7 Å². The first-order valence-electron chi connectivity index (χ1n) is 15.6. The zero-order chi connectivity index (χ0) is 32.6. The first kappa shape index (κ1) is 32.7. The first-order valence-corrected chi connectivity index (χ1v) is 15.6. The number of benzene rings is 4. The smallest absolute Gasteiger partial charge is 0.265 e. The van der Waals surface area contributed by atoms with Crippen molar-refractivity contribution in [1.82, 2.24) is 9.55 Å². The number of aromatic nitrogens is 2. The van der Waals surface area contributed by atoms with Crippen LogP contribution in [0.1, 0.15) is 50.4 Å². The summed E-state index contributed by atoms with van der Waals surface area (Å²) in [7, 11) is 1.65. The van der Waals surface area contributed by atoms with Gasteiger partial charge in [0.25, 0.3) is 5.56 Å². The Kier molecular flexibility index (Phi) is 10.7. The molecule has 0 amide bonds. The zero-order valence-corrected chi connectivity index (χ0v) is 26.3. The Bertz CT molecular complexity index is 1850.